The molecule has 1 radical (unpaired) electrons. The van der Waals surface area contributed by atoms with Crippen LogP contribution in [0.4, 0.5) is 11.4 Å². The van der Waals surface area contributed by atoms with Crippen LogP contribution in [0.5, 0.6) is 0 Å². The molecule has 0 saturated carbocycles. The van der Waals surface area contributed by atoms with Gasteiger partial charge in [-0.15, -0.1) is 0 Å². The van der Waals surface area contributed by atoms with Gasteiger partial charge in [-0.1, -0.05) is 12.1 Å². The fraction of sp³-hybridized carbons (Fsp3) is 0.125. The molecule has 3 nitrogen and oxygen atoms in total. The molecule has 0 atom stereocenters. The maximum atomic E-state index is 10.2. The zero-order valence-corrected chi connectivity index (χ0v) is 5.79. The highest BCUT2D eigenvalue weighted by Crippen LogP contribution is 2.26. The van der Waals surface area contributed by atoms with E-state index in [9.17, 15) is 4.79 Å². The van der Waals surface area contributed by atoms with Gasteiger partial charge >= 0.3 is 0 Å². The molecule has 1 aromatic carbocycles. The van der Waals surface area contributed by atoms with Crippen LogP contribution >= 0.6 is 0 Å². The van der Waals surface area contributed by atoms with E-state index in [4.69, 9.17) is 0 Å². The van der Waals surface area contributed by atoms with Gasteiger partial charge in [0.15, 0.2) is 6.17 Å². The molecular weight excluding hydrogens is 140 g/mol. The van der Waals surface area contributed by atoms with Crippen LogP contribution in [-0.2, 0) is 4.79 Å². The van der Waals surface area contributed by atoms with Gasteiger partial charge in [-0.3, -0.25) is 4.79 Å². The third-order valence-electron chi connectivity index (χ3n) is 1.64. The van der Waals surface area contributed by atoms with Crippen LogP contribution < -0.4 is 10.6 Å². The Morgan fingerprint density at radius 1 is 1.18 bits per heavy atom. The number of hydrogen-bond acceptors (Lipinski definition) is 3. The molecule has 1 aromatic rings. The molecule has 0 fully saturated rings. The fourth-order valence-corrected chi connectivity index (χ4v) is 1.14. The molecule has 0 unspecified atom stereocenters. The minimum atomic E-state index is -0.382. The third kappa shape index (κ3) is 0.941. The van der Waals surface area contributed by atoms with Gasteiger partial charge in [0.2, 0.25) is 6.29 Å². The SMILES string of the molecule is O=[C]C1Nc2ccccc2N1. The van der Waals surface area contributed by atoms with E-state index in [0.717, 1.165) is 11.4 Å². The third-order valence-corrected chi connectivity index (χ3v) is 1.64. The summed E-state index contributed by atoms with van der Waals surface area (Å²) in [5, 5.41) is 5.90. The molecule has 0 spiro atoms. The number of nitrogens with one attached hydrogen (secondary N) is 2. The highest BCUT2D eigenvalue weighted by molar-refractivity contribution is 5.82. The summed E-state index contributed by atoms with van der Waals surface area (Å²) in [7, 11) is 0. The highest BCUT2D eigenvalue weighted by Gasteiger charge is 2.17. The van der Waals surface area contributed by atoms with Crippen molar-refractivity contribution >= 4 is 17.7 Å². The Hall–Kier alpha value is -1.51. The van der Waals surface area contributed by atoms with E-state index >= 15 is 0 Å². The molecule has 0 aliphatic carbocycles. The zero-order chi connectivity index (χ0) is 7.68. The highest BCUT2D eigenvalue weighted by atomic mass is 16.1. The van der Waals surface area contributed by atoms with Gasteiger partial charge in [0.05, 0.1) is 11.4 Å². The van der Waals surface area contributed by atoms with Crippen molar-refractivity contribution in [1.82, 2.24) is 0 Å². The van der Waals surface area contributed by atoms with E-state index in [-0.39, 0.29) is 6.17 Å². The topological polar surface area (TPSA) is 41.1 Å². The lowest BCUT2D eigenvalue weighted by Gasteiger charge is -1.98. The van der Waals surface area contributed by atoms with Crippen LogP contribution in [0.2, 0.25) is 0 Å². The molecule has 0 saturated heterocycles. The first kappa shape index (κ1) is 6.22. The molecule has 0 aromatic heterocycles. The number of para-hydroxylation sites is 2. The Morgan fingerprint density at radius 2 is 1.73 bits per heavy atom. The van der Waals surface area contributed by atoms with Crippen LogP contribution in [0, 0.1) is 0 Å². The Morgan fingerprint density at radius 3 is 2.18 bits per heavy atom. The smallest absolute Gasteiger partial charge is 0.245 e. The van der Waals surface area contributed by atoms with E-state index in [1.807, 2.05) is 30.6 Å². The van der Waals surface area contributed by atoms with Crippen molar-refractivity contribution in [3.05, 3.63) is 24.3 Å². The zero-order valence-electron chi connectivity index (χ0n) is 5.79. The Balaban J connectivity index is 2.33. The maximum Gasteiger partial charge on any atom is 0.245 e. The molecule has 55 valence electrons. The first-order valence-corrected chi connectivity index (χ1v) is 3.40. The van der Waals surface area contributed by atoms with Crippen LogP contribution in [-0.4, -0.2) is 12.5 Å². The molecule has 0 amide bonds. The number of carbonyl (C=O) groups excluding carboxylic acids is 1. The molecule has 2 N–H and O–H groups in total. The van der Waals surface area contributed by atoms with E-state index in [0.29, 0.717) is 0 Å². The lowest BCUT2D eigenvalue weighted by molar-refractivity contribution is 0.550. The van der Waals surface area contributed by atoms with E-state index < -0.39 is 0 Å². The lowest BCUT2D eigenvalue weighted by atomic mass is 10.3. The molecule has 11 heavy (non-hydrogen) atoms. The van der Waals surface area contributed by atoms with Crippen LogP contribution in [0.25, 0.3) is 0 Å². The second-order valence-electron chi connectivity index (χ2n) is 2.39. The normalized spacial score (nSPS) is 14.9. The molecule has 0 bridgehead atoms. The molecule has 2 rings (SSSR count). The van der Waals surface area contributed by atoms with E-state index in [1.165, 1.54) is 0 Å². The van der Waals surface area contributed by atoms with Gasteiger partial charge < -0.3 is 10.6 Å². The number of rotatable bonds is 1. The summed E-state index contributed by atoms with van der Waals surface area (Å²) < 4.78 is 0. The van der Waals surface area contributed by atoms with Crippen molar-refractivity contribution in [3.8, 4) is 0 Å². The van der Waals surface area contributed by atoms with Crippen LogP contribution in [0.15, 0.2) is 24.3 Å². The number of hydrogen-bond donors (Lipinski definition) is 2. The van der Waals surface area contributed by atoms with Crippen molar-refractivity contribution < 1.29 is 4.79 Å². The summed E-state index contributed by atoms with van der Waals surface area (Å²) in [5.74, 6) is 0. The monoisotopic (exact) mass is 147 g/mol. The maximum absolute atomic E-state index is 10.2. The average Bonchev–Trinajstić information content (AvgIpc) is 2.46. The second-order valence-corrected chi connectivity index (χ2v) is 2.39. The van der Waals surface area contributed by atoms with E-state index in [1.54, 1.807) is 0 Å². The summed E-state index contributed by atoms with van der Waals surface area (Å²) in [4.78, 5) is 10.2. The molecule has 1 aliphatic heterocycles. The number of fused-ring (bicyclic) bond motifs is 1. The first-order chi connectivity index (χ1) is 5.40. The summed E-state index contributed by atoms with van der Waals surface area (Å²) >= 11 is 0. The standard InChI is InChI=1S/C8H7N2O/c11-5-8-9-6-3-1-2-4-7(6)10-8/h1-4,8-10H. The van der Waals surface area contributed by atoms with Gasteiger partial charge in [-0.05, 0) is 12.1 Å². The predicted octanol–water partition coefficient (Wildman–Crippen LogP) is 0.960. The van der Waals surface area contributed by atoms with Gasteiger partial charge in [0, 0.05) is 0 Å². The Labute approximate surface area is 64.4 Å². The first-order valence-electron chi connectivity index (χ1n) is 3.40. The van der Waals surface area contributed by atoms with Crippen LogP contribution in [0.3, 0.4) is 0 Å². The van der Waals surface area contributed by atoms with Crippen LogP contribution in [0.1, 0.15) is 0 Å². The number of benzene rings is 1. The van der Waals surface area contributed by atoms with Crippen molar-refractivity contribution in [2.24, 2.45) is 0 Å². The van der Waals surface area contributed by atoms with Crippen molar-refractivity contribution in [1.29, 1.82) is 0 Å². The lowest BCUT2D eigenvalue weighted by Crippen LogP contribution is -2.22. The molecule has 3 heteroatoms. The Bertz CT molecular complexity index is 260. The minimum absolute atomic E-state index is 0.382. The van der Waals surface area contributed by atoms with Crippen molar-refractivity contribution in [2.75, 3.05) is 10.6 Å². The van der Waals surface area contributed by atoms with Gasteiger partial charge in [-0.25, -0.2) is 0 Å². The Kier molecular flexibility index (Phi) is 1.28. The van der Waals surface area contributed by atoms with Gasteiger partial charge in [-0.2, -0.15) is 0 Å². The van der Waals surface area contributed by atoms with Gasteiger partial charge in [0.1, 0.15) is 0 Å². The second kappa shape index (κ2) is 2.27. The number of anilines is 2. The molecular formula is C8H7N2O. The van der Waals surface area contributed by atoms with Gasteiger partial charge in [0.25, 0.3) is 0 Å². The minimum Gasteiger partial charge on any atom is -0.357 e. The summed E-state index contributed by atoms with van der Waals surface area (Å²) in [6, 6.07) is 7.67. The molecule has 1 aliphatic rings. The fourth-order valence-electron chi connectivity index (χ4n) is 1.14. The quantitative estimate of drug-likeness (QED) is 0.621. The summed E-state index contributed by atoms with van der Waals surface area (Å²) in [6.07, 6.45) is 1.46. The summed E-state index contributed by atoms with van der Waals surface area (Å²) in [5.41, 5.74) is 1.92. The average molecular weight is 147 g/mol. The summed E-state index contributed by atoms with van der Waals surface area (Å²) in [6.45, 7) is 0. The van der Waals surface area contributed by atoms with Crippen molar-refractivity contribution in [3.63, 3.8) is 0 Å². The van der Waals surface area contributed by atoms with Crippen molar-refractivity contribution in [2.45, 2.75) is 6.17 Å². The largest absolute Gasteiger partial charge is 0.357 e. The molecule has 1 heterocycles. The van der Waals surface area contributed by atoms with E-state index in [2.05, 4.69) is 10.6 Å². The predicted molar refractivity (Wildman–Crippen MR) is 43.2 cm³/mol.